The zero-order valence-corrected chi connectivity index (χ0v) is 16.7. The fraction of sp³-hybridized carbons (Fsp3) is 0.429. The number of aryl methyl sites for hydroxylation is 1. The summed E-state index contributed by atoms with van der Waals surface area (Å²) in [5.74, 6) is 1.53. The summed E-state index contributed by atoms with van der Waals surface area (Å²) in [5, 5.41) is 3.56. The van der Waals surface area contributed by atoms with E-state index in [4.69, 9.17) is 10.5 Å². The van der Waals surface area contributed by atoms with E-state index in [1.807, 2.05) is 19.2 Å². The number of hydrogen-bond acceptors (Lipinski definition) is 5. The number of nitrogens with zero attached hydrogens (tertiary/aromatic N) is 3. The lowest BCUT2D eigenvalue weighted by molar-refractivity contribution is 0.406. The Morgan fingerprint density at radius 2 is 2.15 bits per heavy atom. The molecule has 2 aromatic heterocycles. The van der Waals surface area contributed by atoms with Crippen molar-refractivity contribution in [2.24, 2.45) is 10.7 Å². The summed E-state index contributed by atoms with van der Waals surface area (Å²) in [4.78, 5) is 9.23. The first-order valence-electron chi connectivity index (χ1n) is 9.50. The average Bonchev–Trinajstić information content (AvgIpc) is 2.95. The molecule has 0 amide bonds. The van der Waals surface area contributed by atoms with Crippen molar-refractivity contribution in [2.75, 3.05) is 13.7 Å². The van der Waals surface area contributed by atoms with E-state index in [0.29, 0.717) is 18.8 Å². The van der Waals surface area contributed by atoms with Crippen LogP contribution in [0.1, 0.15) is 48.7 Å². The van der Waals surface area contributed by atoms with Crippen molar-refractivity contribution in [1.82, 2.24) is 14.9 Å². The number of nitrogens with one attached hydrogen (secondary N) is 1. The quantitative estimate of drug-likeness (QED) is 0.732. The third-order valence-corrected chi connectivity index (χ3v) is 4.89. The molecule has 1 aliphatic rings. The van der Waals surface area contributed by atoms with Gasteiger partial charge in [0.05, 0.1) is 36.4 Å². The average molecular weight is 367 g/mol. The summed E-state index contributed by atoms with van der Waals surface area (Å²) in [6.07, 6.45) is 8.98. The minimum absolute atomic E-state index is 0.632. The van der Waals surface area contributed by atoms with Crippen LogP contribution in [0.25, 0.3) is 5.70 Å². The molecule has 3 rings (SSSR count). The van der Waals surface area contributed by atoms with E-state index in [1.165, 1.54) is 0 Å². The van der Waals surface area contributed by atoms with Gasteiger partial charge in [0.2, 0.25) is 0 Å². The number of fused-ring (bicyclic) bond motifs is 1. The van der Waals surface area contributed by atoms with E-state index < -0.39 is 0 Å². The van der Waals surface area contributed by atoms with Crippen molar-refractivity contribution >= 4 is 17.2 Å². The number of amidine groups is 1. The number of pyridine rings is 1. The van der Waals surface area contributed by atoms with Crippen LogP contribution in [0.4, 0.5) is 5.69 Å². The van der Waals surface area contributed by atoms with Crippen molar-refractivity contribution in [3.63, 3.8) is 0 Å². The van der Waals surface area contributed by atoms with Gasteiger partial charge in [-0.15, -0.1) is 0 Å². The first-order valence-corrected chi connectivity index (χ1v) is 9.50. The monoisotopic (exact) mass is 367 g/mol. The molecule has 6 heteroatoms. The lowest BCUT2D eigenvalue weighted by Gasteiger charge is -2.17. The minimum atomic E-state index is 0.632. The highest BCUT2D eigenvalue weighted by Gasteiger charge is 2.18. The van der Waals surface area contributed by atoms with Crippen LogP contribution in [-0.2, 0) is 6.54 Å². The Morgan fingerprint density at radius 3 is 2.89 bits per heavy atom. The molecule has 0 fully saturated rings. The number of unbranched alkanes of at least 4 members (excludes halogenated alkanes) is 1. The Bertz CT molecular complexity index is 879. The maximum atomic E-state index is 6.05. The van der Waals surface area contributed by atoms with Gasteiger partial charge in [-0.25, -0.2) is 4.99 Å². The van der Waals surface area contributed by atoms with Gasteiger partial charge in [0.25, 0.3) is 0 Å². The Kier molecular flexibility index (Phi) is 5.84. The summed E-state index contributed by atoms with van der Waals surface area (Å²) >= 11 is 0. The molecule has 0 atom stereocenters. The number of ether oxygens (including phenoxy) is 1. The fourth-order valence-corrected chi connectivity index (χ4v) is 3.43. The SMILES string of the molecule is CCCCNC1=CCC(N)=Nc2ccn(Cc3ncc(C)c(OC)c3C)c21. The summed E-state index contributed by atoms with van der Waals surface area (Å²) < 4.78 is 7.74. The van der Waals surface area contributed by atoms with Crippen LogP contribution in [0.15, 0.2) is 29.5 Å². The van der Waals surface area contributed by atoms with Gasteiger partial charge in [-0.05, 0) is 26.3 Å². The van der Waals surface area contributed by atoms with Gasteiger partial charge in [0.15, 0.2) is 0 Å². The van der Waals surface area contributed by atoms with Crippen molar-refractivity contribution in [2.45, 2.75) is 46.6 Å². The van der Waals surface area contributed by atoms with E-state index in [-0.39, 0.29) is 0 Å². The number of aromatic nitrogens is 2. The van der Waals surface area contributed by atoms with Crippen molar-refractivity contribution < 1.29 is 4.74 Å². The first-order chi connectivity index (χ1) is 13.0. The lowest BCUT2D eigenvalue weighted by Crippen LogP contribution is -2.17. The van der Waals surface area contributed by atoms with Gasteiger partial charge in [0.1, 0.15) is 11.6 Å². The maximum absolute atomic E-state index is 6.05. The molecule has 0 bridgehead atoms. The fourth-order valence-electron chi connectivity index (χ4n) is 3.43. The van der Waals surface area contributed by atoms with Crippen LogP contribution in [0.5, 0.6) is 5.75 Å². The predicted molar refractivity (Wildman–Crippen MR) is 111 cm³/mol. The second kappa shape index (κ2) is 8.29. The van der Waals surface area contributed by atoms with Crippen LogP contribution in [-0.4, -0.2) is 29.0 Å². The molecule has 6 nitrogen and oxygen atoms in total. The summed E-state index contributed by atoms with van der Waals surface area (Å²) in [6, 6.07) is 2.02. The normalized spacial score (nSPS) is 13.5. The van der Waals surface area contributed by atoms with Gasteiger partial charge in [0, 0.05) is 36.5 Å². The van der Waals surface area contributed by atoms with Crippen LogP contribution >= 0.6 is 0 Å². The summed E-state index contributed by atoms with van der Waals surface area (Å²) in [6.45, 7) is 7.85. The molecule has 144 valence electrons. The number of methoxy groups -OCH3 is 1. The van der Waals surface area contributed by atoms with E-state index in [0.717, 1.165) is 59.0 Å². The molecule has 3 N–H and O–H groups in total. The molecule has 27 heavy (non-hydrogen) atoms. The largest absolute Gasteiger partial charge is 0.496 e. The van der Waals surface area contributed by atoms with Gasteiger partial charge >= 0.3 is 0 Å². The van der Waals surface area contributed by atoms with Gasteiger partial charge in [-0.3, -0.25) is 4.98 Å². The number of aliphatic imine (C=N–C) groups is 1. The molecule has 0 spiro atoms. The Morgan fingerprint density at radius 1 is 1.33 bits per heavy atom. The molecule has 3 heterocycles. The van der Waals surface area contributed by atoms with E-state index in [1.54, 1.807) is 7.11 Å². The molecule has 0 saturated carbocycles. The molecular weight excluding hydrogens is 338 g/mol. The Labute approximate surface area is 161 Å². The van der Waals surface area contributed by atoms with Crippen LogP contribution < -0.4 is 15.8 Å². The summed E-state index contributed by atoms with van der Waals surface area (Å²) in [5.41, 5.74) is 12.2. The molecule has 1 aliphatic heterocycles. The van der Waals surface area contributed by atoms with Gasteiger partial charge in [-0.2, -0.15) is 0 Å². The molecule has 2 aromatic rings. The highest BCUT2D eigenvalue weighted by Crippen LogP contribution is 2.31. The minimum Gasteiger partial charge on any atom is -0.496 e. The molecule has 0 aromatic carbocycles. The highest BCUT2D eigenvalue weighted by molar-refractivity contribution is 5.90. The van der Waals surface area contributed by atoms with E-state index >= 15 is 0 Å². The third kappa shape index (κ3) is 3.99. The van der Waals surface area contributed by atoms with E-state index in [2.05, 4.69) is 46.0 Å². The number of hydrogen-bond donors (Lipinski definition) is 2. The molecule has 0 radical (unpaired) electrons. The second-order valence-electron chi connectivity index (χ2n) is 6.93. The van der Waals surface area contributed by atoms with Crippen molar-refractivity contribution in [1.29, 1.82) is 0 Å². The third-order valence-electron chi connectivity index (χ3n) is 4.89. The topological polar surface area (TPSA) is 77.5 Å². The number of rotatable bonds is 7. The maximum Gasteiger partial charge on any atom is 0.128 e. The second-order valence-corrected chi connectivity index (χ2v) is 6.93. The predicted octanol–water partition coefficient (Wildman–Crippen LogP) is 3.68. The lowest BCUT2D eigenvalue weighted by atomic mass is 10.1. The highest BCUT2D eigenvalue weighted by atomic mass is 16.5. The summed E-state index contributed by atoms with van der Waals surface area (Å²) in [7, 11) is 1.71. The molecular formula is C21H29N5O. The Hall–Kier alpha value is -2.76. The van der Waals surface area contributed by atoms with Gasteiger partial charge in [-0.1, -0.05) is 19.4 Å². The molecule has 0 unspecified atom stereocenters. The van der Waals surface area contributed by atoms with Crippen LogP contribution in [0.3, 0.4) is 0 Å². The van der Waals surface area contributed by atoms with Crippen molar-refractivity contribution in [3.8, 4) is 5.75 Å². The van der Waals surface area contributed by atoms with Crippen LogP contribution in [0, 0.1) is 13.8 Å². The molecule has 0 saturated heterocycles. The van der Waals surface area contributed by atoms with Gasteiger partial charge < -0.3 is 20.4 Å². The van der Waals surface area contributed by atoms with E-state index in [9.17, 15) is 0 Å². The van der Waals surface area contributed by atoms with Crippen molar-refractivity contribution in [3.05, 3.63) is 47.1 Å². The molecule has 0 aliphatic carbocycles. The Balaban J connectivity index is 1.97. The smallest absolute Gasteiger partial charge is 0.128 e. The zero-order valence-electron chi connectivity index (χ0n) is 16.7. The zero-order chi connectivity index (χ0) is 19.4. The standard InChI is InChI=1S/C21H29N5O/c1-5-6-10-23-16-7-8-19(22)25-17-9-11-26(20(16)17)13-18-15(3)21(27-4)14(2)12-24-18/h7,9,11-12,23H,5-6,8,10,13H2,1-4H3,(H2,22,25). The number of nitrogens with two attached hydrogens (primary N) is 1. The van der Waals surface area contributed by atoms with Crippen LogP contribution in [0.2, 0.25) is 0 Å². The first kappa shape index (κ1) is 19.0.